The number of carbonyl (C=O) groups excluding carboxylic acids is 3. The van der Waals surface area contributed by atoms with Gasteiger partial charge in [0.15, 0.2) is 11.5 Å². The maximum Gasteiger partial charge on any atom is 0.289 e. The molecular weight excluding hydrogens is 781 g/mol. The number of rotatable bonds is 9. The highest BCUT2D eigenvalue weighted by molar-refractivity contribution is 7.18. The van der Waals surface area contributed by atoms with Crippen molar-refractivity contribution in [1.82, 2.24) is 29.6 Å². The number of carbonyl (C=O) groups is 3. The molecule has 3 amide bonds. The Labute approximate surface area is 350 Å². The molecule has 7 heterocycles. The van der Waals surface area contributed by atoms with Gasteiger partial charge in [-0.1, -0.05) is 36.4 Å². The molecular formula is C45H46N8O6S. The lowest BCUT2D eigenvalue weighted by Crippen LogP contribution is -2.48. The number of amides is 3. The highest BCUT2D eigenvalue weighted by atomic mass is 32.1. The molecule has 15 heteroatoms. The second kappa shape index (κ2) is 18.1. The van der Waals surface area contributed by atoms with Crippen LogP contribution in [0.3, 0.4) is 0 Å². The fourth-order valence-electron chi connectivity index (χ4n) is 7.52. The SMILES string of the molecule is COc1cc(-c2csc3c(/C=C/CN4CCN(C(=O)c5ccco5)CC4)cnc(N)c23)ccc1NC(=O)c1cc2ccccc2n1C.O=C(c1ccco1)N1CCNCC1. The van der Waals surface area contributed by atoms with Gasteiger partial charge in [0.2, 0.25) is 0 Å². The zero-order valence-corrected chi connectivity index (χ0v) is 34.2. The topological polar surface area (TPSA) is 164 Å². The number of hydrogen-bond donors (Lipinski definition) is 3. The van der Waals surface area contributed by atoms with Gasteiger partial charge in [-0.3, -0.25) is 19.3 Å². The molecule has 0 spiro atoms. The summed E-state index contributed by atoms with van der Waals surface area (Å²) in [4.78, 5) is 48.0. The van der Waals surface area contributed by atoms with Crippen LogP contribution in [0.1, 0.15) is 37.2 Å². The molecule has 2 aliphatic heterocycles. The number of nitrogens with two attached hydrogens (primary N) is 1. The number of anilines is 2. The monoisotopic (exact) mass is 826 g/mol. The number of methoxy groups -OCH3 is 1. The van der Waals surface area contributed by atoms with Crippen molar-refractivity contribution in [2.24, 2.45) is 7.05 Å². The van der Waals surface area contributed by atoms with E-state index in [1.807, 2.05) is 65.0 Å². The van der Waals surface area contributed by atoms with Crippen molar-refractivity contribution in [3.63, 3.8) is 0 Å². The van der Waals surface area contributed by atoms with Crippen LogP contribution in [0.2, 0.25) is 0 Å². The summed E-state index contributed by atoms with van der Waals surface area (Å²) in [6, 6.07) is 22.4. The highest BCUT2D eigenvalue weighted by Gasteiger charge is 2.24. The van der Waals surface area contributed by atoms with E-state index >= 15 is 0 Å². The highest BCUT2D eigenvalue weighted by Crippen LogP contribution is 2.41. The Hall–Kier alpha value is -6.68. The van der Waals surface area contributed by atoms with E-state index < -0.39 is 0 Å². The quantitative estimate of drug-likeness (QED) is 0.143. The first-order valence-corrected chi connectivity index (χ1v) is 20.6. The molecule has 0 aliphatic carbocycles. The zero-order chi connectivity index (χ0) is 41.6. The molecule has 9 rings (SSSR count). The van der Waals surface area contributed by atoms with Crippen LogP contribution in [-0.2, 0) is 7.05 Å². The van der Waals surface area contributed by atoms with E-state index in [0.717, 1.165) is 83.5 Å². The second-order valence-corrected chi connectivity index (χ2v) is 15.3. The summed E-state index contributed by atoms with van der Waals surface area (Å²) in [7, 11) is 3.47. The summed E-state index contributed by atoms with van der Waals surface area (Å²) in [5, 5.41) is 10.2. The third kappa shape index (κ3) is 8.54. The molecule has 308 valence electrons. The van der Waals surface area contributed by atoms with Crippen LogP contribution < -0.4 is 21.1 Å². The number of thiophene rings is 1. The van der Waals surface area contributed by atoms with Gasteiger partial charge in [-0.15, -0.1) is 11.3 Å². The van der Waals surface area contributed by atoms with Crippen LogP contribution in [0, 0.1) is 0 Å². The van der Waals surface area contributed by atoms with Crippen molar-refractivity contribution >= 4 is 67.6 Å². The van der Waals surface area contributed by atoms with Crippen molar-refractivity contribution in [3.05, 3.63) is 126 Å². The maximum atomic E-state index is 13.3. The van der Waals surface area contributed by atoms with E-state index in [1.54, 1.807) is 53.8 Å². The maximum absolute atomic E-state index is 13.3. The van der Waals surface area contributed by atoms with E-state index in [-0.39, 0.29) is 17.7 Å². The van der Waals surface area contributed by atoms with Crippen LogP contribution in [0.5, 0.6) is 5.75 Å². The van der Waals surface area contributed by atoms with Crippen LogP contribution >= 0.6 is 11.3 Å². The van der Waals surface area contributed by atoms with Crippen molar-refractivity contribution in [2.75, 3.05) is 77.1 Å². The molecule has 0 saturated carbocycles. The largest absolute Gasteiger partial charge is 0.495 e. The number of aromatic nitrogens is 2. The van der Waals surface area contributed by atoms with E-state index in [1.165, 1.54) is 12.5 Å². The van der Waals surface area contributed by atoms with Gasteiger partial charge in [0.25, 0.3) is 17.7 Å². The zero-order valence-electron chi connectivity index (χ0n) is 33.4. The molecule has 0 unspecified atom stereocenters. The van der Waals surface area contributed by atoms with Gasteiger partial charge in [0, 0.05) is 104 Å². The van der Waals surface area contributed by atoms with Crippen molar-refractivity contribution in [2.45, 2.75) is 0 Å². The Balaban J connectivity index is 0.000000326. The molecule has 0 radical (unpaired) electrons. The number of furan rings is 2. The fraction of sp³-hybridized carbons (Fsp3) is 0.244. The molecule has 0 bridgehead atoms. The summed E-state index contributed by atoms with van der Waals surface area (Å²) in [5.41, 5.74) is 11.4. The molecule has 2 fully saturated rings. The number of nitrogens with one attached hydrogen (secondary N) is 2. The number of pyridine rings is 1. The minimum absolute atomic E-state index is 0.00787. The third-order valence-corrected chi connectivity index (χ3v) is 11.8. The van der Waals surface area contributed by atoms with Crippen LogP contribution in [0.4, 0.5) is 11.5 Å². The number of fused-ring (bicyclic) bond motifs is 2. The molecule has 2 saturated heterocycles. The first-order chi connectivity index (χ1) is 29.3. The van der Waals surface area contributed by atoms with Gasteiger partial charge in [-0.25, -0.2) is 4.98 Å². The van der Waals surface area contributed by atoms with Gasteiger partial charge >= 0.3 is 0 Å². The van der Waals surface area contributed by atoms with Crippen LogP contribution in [0.25, 0.3) is 38.2 Å². The number of aryl methyl sites for hydroxylation is 1. The molecule has 2 aliphatic rings. The molecule has 0 atom stereocenters. The lowest BCUT2D eigenvalue weighted by Gasteiger charge is -2.33. The van der Waals surface area contributed by atoms with E-state index in [9.17, 15) is 14.4 Å². The Morgan fingerprint density at radius 1 is 0.900 bits per heavy atom. The van der Waals surface area contributed by atoms with Crippen molar-refractivity contribution in [3.8, 4) is 16.9 Å². The average Bonchev–Trinajstić information content (AvgIpc) is 4.14. The molecule has 14 nitrogen and oxygen atoms in total. The van der Waals surface area contributed by atoms with Crippen molar-refractivity contribution in [1.29, 1.82) is 0 Å². The third-order valence-electron chi connectivity index (χ3n) is 10.8. The van der Waals surface area contributed by atoms with Gasteiger partial charge < -0.3 is 44.3 Å². The lowest BCUT2D eigenvalue weighted by atomic mass is 10.0. The summed E-state index contributed by atoms with van der Waals surface area (Å²) >= 11 is 1.62. The number of piperazine rings is 2. The predicted molar refractivity (Wildman–Crippen MR) is 234 cm³/mol. The number of benzene rings is 2. The number of hydrogen-bond acceptors (Lipinski definition) is 11. The summed E-state index contributed by atoms with van der Waals surface area (Å²) in [5.74, 6) is 1.53. The van der Waals surface area contributed by atoms with Gasteiger partial charge in [-0.2, -0.15) is 0 Å². The number of nitrogen functional groups attached to an aromatic ring is 1. The van der Waals surface area contributed by atoms with E-state index in [0.29, 0.717) is 47.6 Å². The summed E-state index contributed by atoms with van der Waals surface area (Å²) < 4.78 is 19.0. The Bertz CT molecular complexity index is 2630. The number of nitrogens with zero attached hydrogens (tertiary/aromatic N) is 5. The lowest BCUT2D eigenvalue weighted by molar-refractivity contribution is 0.0618. The van der Waals surface area contributed by atoms with Crippen molar-refractivity contribution < 1.29 is 28.0 Å². The first kappa shape index (κ1) is 40.1. The van der Waals surface area contributed by atoms with Crippen LogP contribution in [-0.4, -0.2) is 108 Å². The Morgan fingerprint density at radius 3 is 2.27 bits per heavy atom. The van der Waals surface area contributed by atoms with Gasteiger partial charge in [0.05, 0.1) is 25.3 Å². The molecule has 60 heavy (non-hydrogen) atoms. The second-order valence-electron chi connectivity index (χ2n) is 14.5. The van der Waals surface area contributed by atoms with E-state index in [4.69, 9.17) is 19.3 Å². The van der Waals surface area contributed by atoms with Crippen LogP contribution in [0.15, 0.2) is 112 Å². The van der Waals surface area contributed by atoms with Gasteiger partial charge in [0.1, 0.15) is 17.3 Å². The normalized spacial score (nSPS) is 14.7. The summed E-state index contributed by atoms with van der Waals surface area (Å²) in [6.45, 7) is 6.91. The fourth-order valence-corrected chi connectivity index (χ4v) is 8.59. The summed E-state index contributed by atoms with van der Waals surface area (Å²) in [6.07, 6.45) is 9.07. The molecule has 4 N–H and O–H groups in total. The first-order valence-electron chi connectivity index (χ1n) is 19.7. The average molecular weight is 827 g/mol. The number of para-hydroxylation sites is 1. The Morgan fingerprint density at radius 2 is 1.60 bits per heavy atom. The van der Waals surface area contributed by atoms with Gasteiger partial charge in [-0.05, 0) is 59.5 Å². The standard InChI is InChI=1S/C36H34N6O4S.C9H12N2O2/c1-40-28-9-4-3-7-24(28)19-29(40)35(43)39-27-12-11-23(20-31(27)45-2)26-22-47-33-25(21-38-34(37)32(26)33)8-5-13-41-14-16-42(17-15-41)36(44)30-10-6-18-46-30;12-9(8-2-1-7-13-8)11-5-3-10-4-6-11/h3-12,18-22H,13-17H2,1-2H3,(H2,37,38)(H,39,43);1-2,7,10H,3-6H2/b8-5+;. The molecule has 5 aromatic heterocycles. The molecule has 7 aromatic rings. The number of ether oxygens (including phenoxy) is 1. The molecule has 2 aromatic carbocycles. The van der Waals surface area contributed by atoms with E-state index in [2.05, 4.69) is 38.0 Å². The minimum atomic E-state index is -0.218. The smallest absolute Gasteiger partial charge is 0.289 e. The minimum Gasteiger partial charge on any atom is -0.495 e. The Kier molecular flexibility index (Phi) is 12.1. The predicted octanol–water partition coefficient (Wildman–Crippen LogP) is 6.69.